The number of piperazine rings is 1. The van der Waals surface area contributed by atoms with Crippen LogP contribution in [0.15, 0.2) is 48.5 Å². The normalized spacial score (nSPS) is 17.5. The van der Waals surface area contributed by atoms with Crippen LogP contribution in [0.4, 0.5) is 5.69 Å². The predicted octanol–water partition coefficient (Wildman–Crippen LogP) is 3.84. The average molecular weight is 371 g/mol. The Kier molecular flexibility index (Phi) is 5.62. The van der Waals surface area contributed by atoms with Crippen molar-refractivity contribution in [3.63, 3.8) is 0 Å². The number of hydrogen-bond donors (Lipinski definition) is 0. The molecule has 1 heterocycles. The van der Waals surface area contributed by atoms with E-state index in [4.69, 9.17) is 11.6 Å². The topological polar surface area (TPSA) is 40.6 Å². The fraction of sp³-hybridized carbons (Fsp3) is 0.333. The molecule has 1 atom stereocenters. The number of carbonyl (C=O) groups excluding carboxylic acids is 2. The number of anilines is 1. The van der Waals surface area contributed by atoms with Crippen molar-refractivity contribution in [3.05, 3.63) is 64.7 Å². The van der Waals surface area contributed by atoms with Gasteiger partial charge in [-0.15, -0.1) is 0 Å². The van der Waals surface area contributed by atoms with E-state index in [1.165, 1.54) is 0 Å². The van der Waals surface area contributed by atoms with Crippen LogP contribution in [0, 0.1) is 6.92 Å². The molecule has 2 aromatic carbocycles. The molecule has 5 heteroatoms. The van der Waals surface area contributed by atoms with Gasteiger partial charge < -0.3 is 9.80 Å². The van der Waals surface area contributed by atoms with E-state index in [-0.39, 0.29) is 11.8 Å². The zero-order valence-corrected chi connectivity index (χ0v) is 15.9. The van der Waals surface area contributed by atoms with Gasteiger partial charge in [-0.05, 0) is 49.6 Å². The van der Waals surface area contributed by atoms with E-state index in [0.717, 1.165) is 16.8 Å². The summed E-state index contributed by atoms with van der Waals surface area (Å²) in [5.41, 5.74) is 2.96. The number of amides is 2. The number of benzene rings is 2. The molecule has 2 amide bonds. The Morgan fingerprint density at radius 2 is 1.88 bits per heavy atom. The highest BCUT2D eigenvalue weighted by molar-refractivity contribution is 6.30. The van der Waals surface area contributed by atoms with E-state index in [1.807, 2.05) is 49.4 Å². The average Bonchev–Trinajstić information content (AvgIpc) is 2.63. The molecule has 1 aliphatic heterocycles. The Hall–Kier alpha value is -2.33. The van der Waals surface area contributed by atoms with Crippen molar-refractivity contribution in [2.24, 2.45) is 0 Å². The Morgan fingerprint density at radius 3 is 2.58 bits per heavy atom. The maximum absolute atomic E-state index is 12.9. The highest BCUT2D eigenvalue weighted by Crippen LogP contribution is 2.27. The predicted molar refractivity (Wildman–Crippen MR) is 104 cm³/mol. The Bertz CT molecular complexity index is 807. The van der Waals surface area contributed by atoms with E-state index < -0.39 is 6.04 Å². The van der Waals surface area contributed by atoms with E-state index in [2.05, 4.69) is 0 Å². The van der Waals surface area contributed by atoms with Gasteiger partial charge in [-0.1, -0.05) is 41.9 Å². The second-order valence-corrected chi connectivity index (χ2v) is 7.11. The van der Waals surface area contributed by atoms with Crippen LogP contribution in [0.1, 0.15) is 24.5 Å². The summed E-state index contributed by atoms with van der Waals surface area (Å²) < 4.78 is 0. The quantitative estimate of drug-likeness (QED) is 0.820. The lowest BCUT2D eigenvalue weighted by Crippen LogP contribution is -2.58. The van der Waals surface area contributed by atoms with Gasteiger partial charge in [-0.25, -0.2) is 0 Å². The number of halogens is 1. The molecule has 136 valence electrons. The van der Waals surface area contributed by atoms with E-state index in [1.54, 1.807) is 22.8 Å². The lowest BCUT2D eigenvalue weighted by Gasteiger charge is -2.39. The van der Waals surface area contributed by atoms with Crippen molar-refractivity contribution in [2.75, 3.05) is 18.0 Å². The fourth-order valence-electron chi connectivity index (χ4n) is 3.41. The highest BCUT2D eigenvalue weighted by Gasteiger charge is 2.35. The van der Waals surface area contributed by atoms with Gasteiger partial charge in [-0.2, -0.15) is 0 Å². The number of rotatable bonds is 4. The van der Waals surface area contributed by atoms with Gasteiger partial charge >= 0.3 is 0 Å². The largest absolute Gasteiger partial charge is 0.329 e. The molecule has 0 aliphatic carbocycles. The van der Waals surface area contributed by atoms with Crippen LogP contribution in [-0.2, 0) is 16.0 Å². The number of carbonyl (C=O) groups is 2. The Balaban J connectivity index is 1.66. The van der Waals surface area contributed by atoms with Gasteiger partial charge in [0.2, 0.25) is 11.8 Å². The molecule has 1 aliphatic rings. The van der Waals surface area contributed by atoms with Gasteiger partial charge in [0.25, 0.3) is 0 Å². The van der Waals surface area contributed by atoms with E-state index in [9.17, 15) is 9.59 Å². The van der Waals surface area contributed by atoms with Crippen LogP contribution in [-0.4, -0.2) is 35.8 Å². The van der Waals surface area contributed by atoms with Crippen LogP contribution in [0.2, 0.25) is 5.02 Å². The molecule has 1 fully saturated rings. The van der Waals surface area contributed by atoms with Gasteiger partial charge in [0.05, 0.1) is 0 Å². The minimum absolute atomic E-state index is 0.0298. The van der Waals surface area contributed by atoms with Crippen LogP contribution in [0.5, 0.6) is 0 Å². The third-order valence-corrected chi connectivity index (χ3v) is 5.13. The van der Waals surface area contributed by atoms with E-state index >= 15 is 0 Å². The summed E-state index contributed by atoms with van der Waals surface area (Å²) in [6.07, 6.45) is 1.11. The first-order valence-corrected chi connectivity index (χ1v) is 9.26. The maximum Gasteiger partial charge on any atom is 0.249 e. The molecular formula is C21H23ClN2O2. The molecule has 1 saturated heterocycles. The first-order valence-electron chi connectivity index (χ1n) is 8.88. The summed E-state index contributed by atoms with van der Waals surface area (Å²) >= 11 is 6.01. The summed E-state index contributed by atoms with van der Waals surface area (Å²) in [6, 6.07) is 15.0. The molecule has 26 heavy (non-hydrogen) atoms. The second-order valence-electron chi connectivity index (χ2n) is 6.67. The molecule has 2 aromatic rings. The molecule has 0 N–H and O–H groups in total. The molecule has 0 bridgehead atoms. The first kappa shape index (κ1) is 18.5. The van der Waals surface area contributed by atoms with Crippen LogP contribution in [0.25, 0.3) is 0 Å². The number of aryl methyl sites for hydroxylation is 2. The number of hydrogen-bond acceptors (Lipinski definition) is 2. The maximum atomic E-state index is 12.9. The zero-order chi connectivity index (χ0) is 18.7. The molecule has 0 aromatic heterocycles. The summed E-state index contributed by atoms with van der Waals surface area (Å²) in [6.45, 7) is 4.79. The van der Waals surface area contributed by atoms with Gasteiger partial charge in [0.15, 0.2) is 0 Å². The molecule has 0 spiro atoms. The van der Waals surface area contributed by atoms with Crippen LogP contribution < -0.4 is 4.90 Å². The minimum atomic E-state index is -0.456. The zero-order valence-electron chi connectivity index (χ0n) is 15.1. The lowest BCUT2D eigenvalue weighted by molar-refractivity contribution is -0.140. The van der Waals surface area contributed by atoms with Gasteiger partial charge in [0, 0.05) is 30.2 Å². The Labute approximate surface area is 159 Å². The SMILES string of the molecule is Cc1cc(Cl)ccc1N1CCN(C(=O)CCc2ccccc2)[C@H](C)C1=O. The van der Waals surface area contributed by atoms with Crippen molar-refractivity contribution in [3.8, 4) is 0 Å². The third kappa shape index (κ3) is 3.91. The van der Waals surface area contributed by atoms with Crippen LogP contribution in [0.3, 0.4) is 0 Å². The first-order chi connectivity index (χ1) is 12.5. The molecule has 0 saturated carbocycles. The molecule has 4 nitrogen and oxygen atoms in total. The van der Waals surface area contributed by atoms with Crippen molar-refractivity contribution in [1.29, 1.82) is 0 Å². The second kappa shape index (κ2) is 7.92. The van der Waals surface area contributed by atoms with Crippen molar-refractivity contribution in [2.45, 2.75) is 32.7 Å². The molecular weight excluding hydrogens is 348 g/mol. The Morgan fingerprint density at radius 1 is 1.15 bits per heavy atom. The monoisotopic (exact) mass is 370 g/mol. The van der Waals surface area contributed by atoms with Gasteiger partial charge in [0.1, 0.15) is 6.04 Å². The fourth-order valence-corrected chi connectivity index (χ4v) is 3.64. The summed E-state index contributed by atoms with van der Waals surface area (Å²) in [4.78, 5) is 28.9. The highest BCUT2D eigenvalue weighted by atomic mass is 35.5. The minimum Gasteiger partial charge on any atom is -0.329 e. The third-order valence-electron chi connectivity index (χ3n) is 4.90. The molecule has 3 rings (SSSR count). The van der Waals surface area contributed by atoms with Crippen molar-refractivity contribution >= 4 is 29.1 Å². The lowest BCUT2D eigenvalue weighted by atomic mass is 10.1. The summed E-state index contributed by atoms with van der Waals surface area (Å²) in [7, 11) is 0. The van der Waals surface area contributed by atoms with Gasteiger partial charge in [-0.3, -0.25) is 9.59 Å². The molecule has 0 radical (unpaired) electrons. The standard InChI is InChI=1S/C21H23ClN2O2/c1-15-14-18(22)9-10-19(15)24-13-12-23(16(2)21(24)26)20(25)11-8-17-6-4-3-5-7-17/h3-7,9-10,14,16H,8,11-13H2,1-2H3/t16-/m1/s1. The van der Waals surface area contributed by atoms with Crippen LogP contribution >= 0.6 is 11.6 Å². The summed E-state index contributed by atoms with van der Waals surface area (Å²) in [5.74, 6) is -0.0167. The smallest absolute Gasteiger partial charge is 0.249 e. The summed E-state index contributed by atoms with van der Waals surface area (Å²) in [5, 5.41) is 0.654. The molecule has 0 unspecified atom stereocenters. The van der Waals surface area contributed by atoms with Crippen molar-refractivity contribution in [1.82, 2.24) is 4.90 Å². The number of nitrogens with zero attached hydrogens (tertiary/aromatic N) is 2. The van der Waals surface area contributed by atoms with E-state index in [0.29, 0.717) is 31.0 Å². The van der Waals surface area contributed by atoms with Crippen molar-refractivity contribution < 1.29 is 9.59 Å².